The minimum absolute atomic E-state index is 0.0985. The molecule has 1 N–H and O–H groups in total. The third-order valence-electron chi connectivity index (χ3n) is 5.02. The predicted molar refractivity (Wildman–Crippen MR) is 76.7 cm³/mol. The van der Waals surface area contributed by atoms with Gasteiger partial charge in [-0.2, -0.15) is 0 Å². The number of benzene rings is 1. The van der Waals surface area contributed by atoms with Crippen molar-refractivity contribution in [2.75, 3.05) is 6.54 Å². The lowest BCUT2D eigenvalue weighted by Gasteiger charge is -2.35. The molecule has 1 atom stereocenters. The van der Waals surface area contributed by atoms with E-state index in [2.05, 4.69) is 12.2 Å². The van der Waals surface area contributed by atoms with E-state index in [1.165, 1.54) is 43.2 Å². The van der Waals surface area contributed by atoms with Crippen molar-refractivity contribution in [1.82, 2.24) is 5.32 Å². The maximum absolute atomic E-state index is 13.2. The minimum atomic E-state index is -0.0985. The summed E-state index contributed by atoms with van der Waals surface area (Å²) in [6, 6.07) is 5.72. The van der Waals surface area contributed by atoms with E-state index in [1.807, 2.05) is 6.07 Å². The van der Waals surface area contributed by atoms with Crippen molar-refractivity contribution in [2.45, 2.75) is 57.9 Å². The number of hydrogen-bond acceptors (Lipinski definition) is 1. The third-order valence-corrected chi connectivity index (χ3v) is 5.02. The molecule has 2 aliphatic carbocycles. The van der Waals surface area contributed by atoms with Gasteiger partial charge in [-0.1, -0.05) is 32.3 Å². The number of nitrogens with one attached hydrogen (secondary N) is 1. The summed E-state index contributed by atoms with van der Waals surface area (Å²) >= 11 is 0. The molecule has 104 valence electrons. The van der Waals surface area contributed by atoms with Crippen molar-refractivity contribution in [3.05, 3.63) is 35.1 Å². The molecule has 19 heavy (non-hydrogen) atoms. The smallest absolute Gasteiger partial charge is 0.123 e. The van der Waals surface area contributed by atoms with Crippen LogP contribution in [0.5, 0.6) is 0 Å². The Bertz CT molecular complexity index is 449. The predicted octanol–water partition coefficient (Wildman–Crippen LogP) is 4.37. The maximum Gasteiger partial charge on any atom is 0.123 e. The molecule has 0 aliphatic heterocycles. The van der Waals surface area contributed by atoms with Gasteiger partial charge < -0.3 is 5.32 Å². The second-order valence-corrected chi connectivity index (χ2v) is 6.69. The molecule has 3 rings (SSSR count). The van der Waals surface area contributed by atoms with Crippen LogP contribution in [-0.4, -0.2) is 6.54 Å². The molecule has 0 amide bonds. The van der Waals surface area contributed by atoms with Crippen LogP contribution in [0.2, 0.25) is 0 Å². The van der Waals surface area contributed by atoms with Crippen molar-refractivity contribution >= 4 is 0 Å². The van der Waals surface area contributed by atoms with Gasteiger partial charge in [0.15, 0.2) is 0 Å². The van der Waals surface area contributed by atoms with Crippen molar-refractivity contribution < 1.29 is 4.39 Å². The van der Waals surface area contributed by atoms with Gasteiger partial charge in [-0.15, -0.1) is 0 Å². The Kier molecular flexibility index (Phi) is 3.62. The van der Waals surface area contributed by atoms with E-state index in [4.69, 9.17) is 0 Å². The van der Waals surface area contributed by atoms with Gasteiger partial charge in [0, 0.05) is 12.6 Å². The normalized spacial score (nSPS) is 25.3. The molecular formula is C17H24FN. The van der Waals surface area contributed by atoms with Gasteiger partial charge >= 0.3 is 0 Å². The lowest BCUT2D eigenvalue weighted by atomic mass is 9.75. The van der Waals surface area contributed by atoms with Gasteiger partial charge in [-0.3, -0.25) is 0 Å². The van der Waals surface area contributed by atoms with Crippen molar-refractivity contribution in [2.24, 2.45) is 5.41 Å². The fourth-order valence-corrected chi connectivity index (χ4v) is 3.75. The van der Waals surface area contributed by atoms with E-state index in [-0.39, 0.29) is 5.82 Å². The Labute approximate surface area is 115 Å². The first kappa shape index (κ1) is 13.1. The van der Waals surface area contributed by atoms with E-state index < -0.39 is 0 Å². The molecular weight excluding hydrogens is 237 g/mol. The molecule has 2 aliphatic rings. The quantitative estimate of drug-likeness (QED) is 0.851. The fraction of sp³-hybridized carbons (Fsp3) is 0.647. The van der Waals surface area contributed by atoms with Crippen LogP contribution >= 0.6 is 0 Å². The summed E-state index contributed by atoms with van der Waals surface area (Å²) in [7, 11) is 0. The first-order chi connectivity index (χ1) is 9.16. The van der Waals surface area contributed by atoms with E-state index in [0.29, 0.717) is 11.5 Å². The second kappa shape index (κ2) is 5.24. The average Bonchev–Trinajstić information content (AvgIpc) is 2.79. The van der Waals surface area contributed by atoms with Crippen LogP contribution in [0.3, 0.4) is 0 Å². The van der Waals surface area contributed by atoms with E-state index in [0.717, 1.165) is 19.4 Å². The van der Waals surface area contributed by atoms with E-state index >= 15 is 0 Å². The van der Waals surface area contributed by atoms with Gasteiger partial charge in [0.05, 0.1) is 0 Å². The minimum Gasteiger partial charge on any atom is -0.309 e. The van der Waals surface area contributed by atoms with Crippen LogP contribution in [-0.2, 0) is 6.42 Å². The van der Waals surface area contributed by atoms with Gasteiger partial charge in [0.25, 0.3) is 0 Å². The molecule has 1 fully saturated rings. The molecule has 1 aromatic carbocycles. The Morgan fingerprint density at radius 3 is 2.84 bits per heavy atom. The molecule has 0 saturated heterocycles. The van der Waals surface area contributed by atoms with Gasteiger partial charge in [-0.05, 0) is 54.4 Å². The highest BCUT2D eigenvalue weighted by Gasteiger charge is 2.29. The molecule has 1 aromatic rings. The van der Waals surface area contributed by atoms with Crippen LogP contribution in [0.4, 0.5) is 4.39 Å². The maximum atomic E-state index is 13.2. The van der Waals surface area contributed by atoms with Gasteiger partial charge in [0.1, 0.15) is 5.82 Å². The zero-order valence-corrected chi connectivity index (χ0v) is 11.8. The van der Waals surface area contributed by atoms with Crippen molar-refractivity contribution in [3.63, 3.8) is 0 Å². The van der Waals surface area contributed by atoms with Crippen LogP contribution in [0, 0.1) is 11.2 Å². The molecule has 0 radical (unpaired) electrons. The van der Waals surface area contributed by atoms with Crippen LogP contribution in [0.15, 0.2) is 18.2 Å². The number of fused-ring (bicyclic) bond motifs is 1. The number of halogens is 1. The summed E-state index contributed by atoms with van der Waals surface area (Å²) in [6.45, 7) is 3.52. The standard InChI is InChI=1S/C17H24FN/c1-17(9-3-2-4-10-17)12-19-16-8-5-13-11-14(18)6-7-15(13)16/h6-7,11,16,19H,2-5,8-10,12H2,1H3. The molecule has 1 nitrogen and oxygen atoms in total. The Morgan fingerprint density at radius 2 is 2.05 bits per heavy atom. The highest BCUT2D eigenvalue weighted by atomic mass is 19.1. The fourth-order valence-electron chi connectivity index (χ4n) is 3.75. The SMILES string of the molecule is CC1(CNC2CCc3cc(F)ccc32)CCCCC1. The Hall–Kier alpha value is -0.890. The Balaban J connectivity index is 1.63. The van der Waals surface area contributed by atoms with Gasteiger partial charge in [0.2, 0.25) is 0 Å². The highest BCUT2D eigenvalue weighted by Crippen LogP contribution is 2.37. The van der Waals surface area contributed by atoms with Crippen molar-refractivity contribution in [3.8, 4) is 0 Å². The summed E-state index contributed by atoms with van der Waals surface area (Å²) in [5.41, 5.74) is 2.99. The van der Waals surface area contributed by atoms with E-state index in [9.17, 15) is 4.39 Å². The summed E-state index contributed by atoms with van der Waals surface area (Å²) < 4.78 is 13.2. The Morgan fingerprint density at radius 1 is 1.26 bits per heavy atom. The lowest BCUT2D eigenvalue weighted by molar-refractivity contribution is 0.200. The lowest BCUT2D eigenvalue weighted by Crippen LogP contribution is -2.35. The summed E-state index contributed by atoms with van der Waals surface area (Å²) in [4.78, 5) is 0. The molecule has 1 saturated carbocycles. The summed E-state index contributed by atoms with van der Waals surface area (Å²) in [5.74, 6) is -0.0985. The zero-order chi connectivity index (χ0) is 13.3. The second-order valence-electron chi connectivity index (χ2n) is 6.69. The van der Waals surface area contributed by atoms with Crippen LogP contribution < -0.4 is 5.32 Å². The topological polar surface area (TPSA) is 12.0 Å². The molecule has 0 aromatic heterocycles. The molecule has 0 spiro atoms. The molecule has 2 heteroatoms. The van der Waals surface area contributed by atoms with E-state index in [1.54, 1.807) is 12.1 Å². The number of aryl methyl sites for hydroxylation is 1. The first-order valence-electron chi connectivity index (χ1n) is 7.68. The molecule has 0 heterocycles. The van der Waals surface area contributed by atoms with Gasteiger partial charge in [-0.25, -0.2) is 4.39 Å². The molecule has 0 bridgehead atoms. The zero-order valence-electron chi connectivity index (χ0n) is 11.8. The van der Waals surface area contributed by atoms with Crippen LogP contribution in [0.1, 0.15) is 62.6 Å². The third kappa shape index (κ3) is 2.84. The largest absolute Gasteiger partial charge is 0.309 e. The van der Waals surface area contributed by atoms with Crippen molar-refractivity contribution in [1.29, 1.82) is 0 Å². The monoisotopic (exact) mass is 261 g/mol. The number of hydrogen-bond donors (Lipinski definition) is 1. The average molecular weight is 261 g/mol. The molecule has 1 unspecified atom stereocenters. The summed E-state index contributed by atoms with van der Waals surface area (Å²) in [5, 5.41) is 3.75. The van der Waals surface area contributed by atoms with Crippen LogP contribution in [0.25, 0.3) is 0 Å². The number of rotatable bonds is 3. The first-order valence-corrected chi connectivity index (χ1v) is 7.68. The summed E-state index contributed by atoms with van der Waals surface area (Å²) in [6.07, 6.45) is 9.00. The highest BCUT2D eigenvalue weighted by molar-refractivity contribution is 5.34.